The Balaban J connectivity index is 1.66. The SMILES string of the molecule is Cc1ccc(SCC(O)C2CCCc3cccnc32)cc1. The van der Waals surface area contributed by atoms with Crippen molar-refractivity contribution in [3.63, 3.8) is 0 Å². The molecule has 110 valence electrons. The molecule has 3 heteroatoms. The summed E-state index contributed by atoms with van der Waals surface area (Å²) in [5.74, 6) is 0.914. The second kappa shape index (κ2) is 6.63. The molecule has 0 radical (unpaired) electrons. The summed E-state index contributed by atoms with van der Waals surface area (Å²) in [4.78, 5) is 5.74. The molecule has 2 atom stereocenters. The average Bonchev–Trinajstić information content (AvgIpc) is 2.53. The van der Waals surface area contributed by atoms with Crippen molar-refractivity contribution < 1.29 is 5.11 Å². The molecular weight excluding hydrogens is 278 g/mol. The lowest BCUT2D eigenvalue weighted by Gasteiger charge is -2.28. The molecule has 0 spiro atoms. The molecule has 2 aromatic rings. The van der Waals surface area contributed by atoms with Crippen molar-refractivity contribution in [2.45, 2.75) is 43.1 Å². The van der Waals surface area contributed by atoms with Crippen LogP contribution in [0.1, 0.15) is 35.6 Å². The van der Waals surface area contributed by atoms with Crippen molar-refractivity contribution >= 4 is 11.8 Å². The van der Waals surface area contributed by atoms with Crippen LogP contribution in [-0.4, -0.2) is 21.9 Å². The predicted octanol–water partition coefficient (Wildman–Crippen LogP) is 3.96. The third-order valence-electron chi connectivity index (χ3n) is 4.14. The first kappa shape index (κ1) is 14.6. The first-order valence-corrected chi connectivity index (χ1v) is 8.54. The summed E-state index contributed by atoms with van der Waals surface area (Å²) in [7, 11) is 0. The number of hydrogen-bond acceptors (Lipinski definition) is 3. The first-order valence-electron chi connectivity index (χ1n) is 7.55. The highest BCUT2D eigenvalue weighted by molar-refractivity contribution is 7.99. The molecule has 1 aliphatic rings. The van der Waals surface area contributed by atoms with Crippen LogP contribution in [0.15, 0.2) is 47.5 Å². The predicted molar refractivity (Wildman–Crippen MR) is 87.8 cm³/mol. The standard InChI is InChI=1S/C18H21NOS/c1-13-7-9-15(10-8-13)21-12-17(20)16-6-2-4-14-5-3-11-19-18(14)16/h3,5,7-11,16-17,20H,2,4,6,12H2,1H3. The molecule has 1 aromatic carbocycles. The highest BCUT2D eigenvalue weighted by Crippen LogP contribution is 2.34. The van der Waals surface area contributed by atoms with E-state index >= 15 is 0 Å². The Morgan fingerprint density at radius 1 is 1.29 bits per heavy atom. The molecule has 0 amide bonds. The lowest BCUT2D eigenvalue weighted by atomic mass is 9.84. The van der Waals surface area contributed by atoms with E-state index in [1.807, 2.05) is 12.3 Å². The molecule has 0 bridgehead atoms. The van der Waals surface area contributed by atoms with Gasteiger partial charge in [-0.1, -0.05) is 23.8 Å². The van der Waals surface area contributed by atoms with Gasteiger partial charge >= 0.3 is 0 Å². The van der Waals surface area contributed by atoms with E-state index in [1.165, 1.54) is 16.0 Å². The number of aliphatic hydroxyl groups is 1. The van der Waals surface area contributed by atoms with Crippen molar-refractivity contribution in [2.75, 3.05) is 5.75 Å². The van der Waals surface area contributed by atoms with Crippen LogP contribution in [0.3, 0.4) is 0 Å². The molecule has 0 saturated carbocycles. The number of pyridine rings is 1. The summed E-state index contributed by atoms with van der Waals surface area (Å²) in [6, 6.07) is 12.6. The van der Waals surface area contributed by atoms with Crippen LogP contribution in [0.4, 0.5) is 0 Å². The van der Waals surface area contributed by atoms with E-state index in [2.05, 4.69) is 42.2 Å². The Labute approximate surface area is 130 Å². The molecule has 2 unspecified atom stereocenters. The second-order valence-corrected chi connectivity index (χ2v) is 6.83. The number of nitrogens with zero attached hydrogens (tertiary/aromatic N) is 1. The van der Waals surface area contributed by atoms with Gasteiger partial charge in [-0.3, -0.25) is 4.98 Å². The van der Waals surface area contributed by atoms with Crippen LogP contribution < -0.4 is 0 Å². The van der Waals surface area contributed by atoms with Gasteiger partial charge in [-0.05, 0) is 49.9 Å². The van der Waals surface area contributed by atoms with Gasteiger partial charge in [0.25, 0.3) is 0 Å². The van der Waals surface area contributed by atoms with Crippen LogP contribution >= 0.6 is 11.8 Å². The van der Waals surface area contributed by atoms with Gasteiger partial charge < -0.3 is 5.11 Å². The molecule has 1 N–H and O–H groups in total. The van der Waals surface area contributed by atoms with Crippen molar-refractivity contribution in [1.82, 2.24) is 4.98 Å². The van der Waals surface area contributed by atoms with Crippen LogP contribution in [0.25, 0.3) is 0 Å². The second-order valence-electron chi connectivity index (χ2n) is 5.74. The van der Waals surface area contributed by atoms with Gasteiger partial charge in [-0.25, -0.2) is 0 Å². The zero-order valence-corrected chi connectivity index (χ0v) is 13.1. The van der Waals surface area contributed by atoms with Gasteiger partial charge in [0.2, 0.25) is 0 Å². The highest BCUT2D eigenvalue weighted by atomic mass is 32.2. The monoisotopic (exact) mass is 299 g/mol. The van der Waals surface area contributed by atoms with Gasteiger partial charge in [-0.15, -0.1) is 11.8 Å². The topological polar surface area (TPSA) is 33.1 Å². The van der Waals surface area contributed by atoms with Gasteiger partial charge in [0.15, 0.2) is 0 Å². The summed E-state index contributed by atoms with van der Waals surface area (Å²) in [6.07, 6.45) is 4.80. The lowest BCUT2D eigenvalue weighted by molar-refractivity contribution is 0.155. The fraction of sp³-hybridized carbons (Fsp3) is 0.389. The summed E-state index contributed by atoms with van der Waals surface area (Å²) < 4.78 is 0. The molecule has 1 heterocycles. The van der Waals surface area contributed by atoms with E-state index < -0.39 is 0 Å². The Bertz CT molecular complexity index is 596. The summed E-state index contributed by atoms with van der Waals surface area (Å²) in [5.41, 5.74) is 3.69. The van der Waals surface area contributed by atoms with E-state index in [0.717, 1.165) is 30.7 Å². The third kappa shape index (κ3) is 3.47. The van der Waals surface area contributed by atoms with Gasteiger partial charge in [0.05, 0.1) is 6.10 Å². The van der Waals surface area contributed by atoms with E-state index in [4.69, 9.17) is 0 Å². The van der Waals surface area contributed by atoms with Crippen molar-refractivity contribution in [3.8, 4) is 0 Å². The normalized spacial score (nSPS) is 19.0. The average molecular weight is 299 g/mol. The zero-order valence-electron chi connectivity index (χ0n) is 12.3. The summed E-state index contributed by atoms with van der Waals surface area (Å²) in [6.45, 7) is 2.09. The van der Waals surface area contributed by atoms with Gasteiger partial charge in [-0.2, -0.15) is 0 Å². The van der Waals surface area contributed by atoms with Crippen LogP contribution in [0, 0.1) is 6.92 Å². The Hall–Kier alpha value is -1.32. The molecule has 21 heavy (non-hydrogen) atoms. The van der Waals surface area contributed by atoms with E-state index in [-0.39, 0.29) is 12.0 Å². The maximum Gasteiger partial charge on any atom is 0.0717 e. The molecule has 2 nitrogen and oxygen atoms in total. The zero-order chi connectivity index (χ0) is 14.7. The number of aryl methyl sites for hydroxylation is 2. The molecule has 0 fully saturated rings. The number of aromatic nitrogens is 1. The van der Waals surface area contributed by atoms with Crippen molar-refractivity contribution in [2.24, 2.45) is 0 Å². The summed E-state index contributed by atoms with van der Waals surface area (Å²) in [5, 5.41) is 10.6. The minimum atomic E-state index is -0.328. The maximum absolute atomic E-state index is 10.6. The van der Waals surface area contributed by atoms with E-state index in [9.17, 15) is 5.11 Å². The quantitative estimate of drug-likeness (QED) is 0.867. The fourth-order valence-electron chi connectivity index (χ4n) is 2.95. The maximum atomic E-state index is 10.6. The highest BCUT2D eigenvalue weighted by Gasteiger charge is 2.27. The van der Waals surface area contributed by atoms with Crippen molar-refractivity contribution in [1.29, 1.82) is 0 Å². The molecular formula is C18H21NOS. The van der Waals surface area contributed by atoms with Crippen LogP contribution in [-0.2, 0) is 6.42 Å². The molecule has 1 aromatic heterocycles. The lowest BCUT2D eigenvalue weighted by Crippen LogP contribution is -2.26. The molecule has 1 aliphatic carbocycles. The third-order valence-corrected chi connectivity index (χ3v) is 5.26. The largest absolute Gasteiger partial charge is 0.392 e. The van der Waals surface area contributed by atoms with Crippen LogP contribution in [0.2, 0.25) is 0 Å². The minimum absolute atomic E-state index is 0.188. The Kier molecular flexibility index (Phi) is 4.61. The number of benzene rings is 1. The number of fused-ring (bicyclic) bond motifs is 1. The molecule has 0 saturated heterocycles. The molecule has 3 rings (SSSR count). The fourth-order valence-corrected chi connectivity index (χ4v) is 3.88. The minimum Gasteiger partial charge on any atom is -0.392 e. The van der Waals surface area contributed by atoms with Gasteiger partial charge in [0, 0.05) is 28.5 Å². The van der Waals surface area contributed by atoms with E-state index in [0.29, 0.717) is 0 Å². The van der Waals surface area contributed by atoms with E-state index in [1.54, 1.807) is 11.8 Å². The number of aliphatic hydroxyl groups excluding tert-OH is 1. The summed E-state index contributed by atoms with van der Waals surface area (Å²) >= 11 is 1.73. The van der Waals surface area contributed by atoms with Crippen LogP contribution in [0.5, 0.6) is 0 Å². The number of rotatable bonds is 4. The smallest absolute Gasteiger partial charge is 0.0717 e. The number of thioether (sulfide) groups is 1. The van der Waals surface area contributed by atoms with Crippen molar-refractivity contribution in [3.05, 3.63) is 59.4 Å². The first-order chi connectivity index (χ1) is 10.2. The Morgan fingerprint density at radius 3 is 2.90 bits per heavy atom. The Morgan fingerprint density at radius 2 is 2.10 bits per heavy atom. The molecule has 0 aliphatic heterocycles. The van der Waals surface area contributed by atoms with Gasteiger partial charge in [0.1, 0.15) is 0 Å². The number of hydrogen-bond donors (Lipinski definition) is 1.